The third kappa shape index (κ3) is 5.79. The Morgan fingerprint density at radius 2 is 1.87 bits per heavy atom. The van der Waals surface area contributed by atoms with E-state index in [9.17, 15) is 9.90 Å². The zero-order chi connectivity index (χ0) is 30.9. The summed E-state index contributed by atoms with van der Waals surface area (Å²) in [5.74, 6) is -0.237. The zero-order valence-electron chi connectivity index (χ0n) is 25.5. The lowest BCUT2D eigenvalue weighted by Gasteiger charge is -2.37. The van der Waals surface area contributed by atoms with E-state index in [1.165, 1.54) is 33.4 Å². The number of carbonyl (C=O) groups excluding carboxylic acids is 1. The second-order valence-electron chi connectivity index (χ2n) is 11.8. The maximum Gasteiger partial charge on any atom is 0.290 e. The lowest BCUT2D eigenvalue weighted by atomic mass is 9.78. The lowest BCUT2D eigenvalue weighted by Crippen LogP contribution is -2.37. The molecule has 7 rings (SSSR count). The molecule has 1 aliphatic carbocycles. The van der Waals surface area contributed by atoms with Gasteiger partial charge >= 0.3 is 0 Å². The molecule has 2 N–H and O–H groups in total. The average molecular weight is 617 g/mol. The molecule has 5 aromatic rings. The van der Waals surface area contributed by atoms with Gasteiger partial charge in [0.05, 0.1) is 10.2 Å². The number of thiazole rings is 1. The molecule has 0 saturated carbocycles. The fraction of sp³-hybridized carbons (Fsp3) is 0.263. The number of hydrogen-bond donors (Lipinski definition) is 2. The number of rotatable bonds is 9. The predicted octanol–water partition coefficient (Wildman–Crippen LogP) is 8.23. The van der Waals surface area contributed by atoms with Crippen molar-refractivity contribution in [3.8, 4) is 21.7 Å². The highest BCUT2D eigenvalue weighted by molar-refractivity contribution is 7.21. The van der Waals surface area contributed by atoms with Crippen molar-refractivity contribution in [1.82, 2.24) is 4.98 Å². The molecule has 0 bridgehead atoms. The van der Waals surface area contributed by atoms with Gasteiger partial charge in [0, 0.05) is 36.3 Å². The Hall–Kier alpha value is -4.30. The summed E-state index contributed by atoms with van der Waals surface area (Å²) in [5, 5.41) is 13.7. The summed E-state index contributed by atoms with van der Waals surface area (Å²) >= 11 is 1.66. The van der Waals surface area contributed by atoms with Crippen LogP contribution in [-0.2, 0) is 20.7 Å². The molecular weight excluding hydrogens is 580 g/mol. The van der Waals surface area contributed by atoms with Crippen LogP contribution in [0.4, 0.5) is 5.69 Å². The van der Waals surface area contributed by atoms with E-state index in [1.807, 2.05) is 37.3 Å². The largest absolute Gasteiger partial charge is 0.459 e. The molecule has 0 saturated heterocycles. The number of allylic oxidation sites excluding steroid dienone is 1. The van der Waals surface area contributed by atoms with E-state index in [4.69, 9.17) is 14.5 Å². The molecule has 6 nitrogen and oxygen atoms in total. The molecule has 0 unspecified atom stereocenters. The minimum Gasteiger partial charge on any atom is -0.459 e. The first-order chi connectivity index (χ1) is 22.0. The standard InChI is InChI=1S/C38H36N2O4S/c1-3-43-38-30(12-7-19-41)32(29-11-6-10-28-27-9-5-4-8-25(27)21-31(28)29)22-34(44-38)36(42)39-26-16-14-24(15-17-26)37-40-33-18-13-23(2)20-35(33)45-37/h4-6,8-11,13-18,20,22,30,32,38,41H,3,7,12,19,21H2,1-2H3,(H,39,42)/t30-,32-,38-/m0/s1. The summed E-state index contributed by atoms with van der Waals surface area (Å²) in [5.41, 5.74) is 10.2. The second kappa shape index (κ2) is 12.6. The van der Waals surface area contributed by atoms with Crippen LogP contribution < -0.4 is 5.32 Å². The smallest absolute Gasteiger partial charge is 0.290 e. The van der Waals surface area contributed by atoms with Gasteiger partial charge < -0.3 is 19.9 Å². The molecule has 1 amide bonds. The number of ether oxygens (including phenoxy) is 2. The molecule has 1 aliphatic heterocycles. The molecule has 7 heteroatoms. The number of hydrogen-bond acceptors (Lipinski definition) is 6. The summed E-state index contributed by atoms with van der Waals surface area (Å²) < 4.78 is 13.6. The molecule has 0 radical (unpaired) electrons. The van der Waals surface area contributed by atoms with Gasteiger partial charge in [-0.25, -0.2) is 4.98 Å². The van der Waals surface area contributed by atoms with E-state index in [2.05, 4.69) is 72.9 Å². The molecule has 1 aromatic heterocycles. The van der Waals surface area contributed by atoms with E-state index in [1.54, 1.807) is 11.3 Å². The molecule has 228 valence electrons. The number of carbonyl (C=O) groups is 1. The summed E-state index contributed by atoms with van der Waals surface area (Å²) in [6, 6.07) is 29.0. The topological polar surface area (TPSA) is 80.7 Å². The Labute approximate surface area is 267 Å². The third-order valence-corrected chi connectivity index (χ3v) is 9.88. The Balaban J connectivity index is 1.18. The second-order valence-corrected chi connectivity index (χ2v) is 12.8. The maximum absolute atomic E-state index is 13.7. The van der Waals surface area contributed by atoms with Crippen LogP contribution in [0, 0.1) is 12.8 Å². The highest BCUT2D eigenvalue weighted by Crippen LogP contribution is 2.46. The van der Waals surface area contributed by atoms with E-state index < -0.39 is 6.29 Å². The van der Waals surface area contributed by atoms with Crippen molar-refractivity contribution in [3.63, 3.8) is 0 Å². The first kappa shape index (κ1) is 29.4. The van der Waals surface area contributed by atoms with Gasteiger partial charge in [-0.3, -0.25) is 4.79 Å². The molecule has 4 aromatic carbocycles. The number of aliphatic hydroxyl groups excluding tert-OH is 1. The Kier molecular flexibility index (Phi) is 8.23. The number of aryl methyl sites for hydroxylation is 1. The zero-order valence-corrected chi connectivity index (χ0v) is 26.3. The number of anilines is 1. The summed E-state index contributed by atoms with van der Waals surface area (Å²) in [4.78, 5) is 18.5. The van der Waals surface area contributed by atoms with Crippen molar-refractivity contribution in [2.45, 2.75) is 45.3 Å². The molecule has 0 spiro atoms. The number of aromatic nitrogens is 1. The van der Waals surface area contributed by atoms with Crippen molar-refractivity contribution in [1.29, 1.82) is 0 Å². The highest BCUT2D eigenvalue weighted by Gasteiger charge is 2.39. The fourth-order valence-electron chi connectivity index (χ4n) is 6.66. The minimum absolute atomic E-state index is 0.0549. The molecule has 2 aliphatic rings. The monoisotopic (exact) mass is 616 g/mol. The minimum atomic E-state index is -0.609. The Bertz CT molecular complexity index is 1890. The van der Waals surface area contributed by atoms with E-state index in [0.717, 1.165) is 27.2 Å². The van der Waals surface area contributed by atoms with Gasteiger partial charge in [0.2, 0.25) is 6.29 Å². The van der Waals surface area contributed by atoms with Crippen LogP contribution in [0.25, 0.3) is 31.9 Å². The van der Waals surface area contributed by atoms with Crippen molar-refractivity contribution in [3.05, 3.63) is 119 Å². The Morgan fingerprint density at radius 3 is 2.69 bits per heavy atom. The van der Waals surface area contributed by atoms with E-state index >= 15 is 0 Å². The fourth-order valence-corrected chi connectivity index (χ4v) is 7.73. The summed E-state index contributed by atoms with van der Waals surface area (Å²) in [6.45, 7) is 4.56. The Morgan fingerprint density at radius 1 is 1.04 bits per heavy atom. The number of fused-ring (bicyclic) bond motifs is 4. The van der Waals surface area contributed by atoms with Crippen LogP contribution in [0.15, 0.2) is 96.8 Å². The average Bonchev–Trinajstić information content (AvgIpc) is 3.66. The maximum atomic E-state index is 13.7. The van der Waals surface area contributed by atoms with Gasteiger partial charge in [0.15, 0.2) is 5.76 Å². The van der Waals surface area contributed by atoms with E-state index in [-0.39, 0.29) is 30.1 Å². The van der Waals surface area contributed by atoms with Gasteiger partial charge in [-0.1, -0.05) is 48.5 Å². The van der Waals surface area contributed by atoms with Crippen LogP contribution in [0.3, 0.4) is 0 Å². The van der Waals surface area contributed by atoms with Crippen molar-refractivity contribution >= 4 is 33.1 Å². The van der Waals surface area contributed by atoms with Crippen molar-refractivity contribution in [2.75, 3.05) is 18.5 Å². The van der Waals surface area contributed by atoms with Crippen molar-refractivity contribution in [2.24, 2.45) is 5.92 Å². The third-order valence-electron chi connectivity index (χ3n) is 8.81. The SMILES string of the molecule is CCO[C@H]1OC(C(=O)Nc2ccc(-c3nc4ccc(C)cc4s3)cc2)=C[C@@H](c2cccc3c2Cc2ccccc2-3)[C@@H]1CCCO. The van der Waals surface area contributed by atoms with Gasteiger partial charge in [0.1, 0.15) is 5.01 Å². The van der Waals surface area contributed by atoms with E-state index in [0.29, 0.717) is 25.1 Å². The highest BCUT2D eigenvalue weighted by atomic mass is 32.1. The van der Waals surface area contributed by atoms with Crippen LogP contribution in [0.2, 0.25) is 0 Å². The molecule has 2 heterocycles. The summed E-state index contributed by atoms with van der Waals surface area (Å²) in [6.07, 6.45) is 3.53. The van der Waals surface area contributed by atoms with Crippen LogP contribution in [0.5, 0.6) is 0 Å². The molecule has 0 fully saturated rings. The molecule has 3 atom stereocenters. The first-order valence-electron chi connectivity index (χ1n) is 15.6. The van der Waals surface area contributed by atoms with Gasteiger partial charge in [-0.2, -0.15) is 0 Å². The molecular formula is C38H36N2O4S. The number of benzene rings is 4. The number of nitrogens with zero attached hydrogens (tertiary/aromatic N) is 1. The summed E-state index contributed by atoms with van der Waals surface area (Å²) in [7, 11) is 0. The van der Waals surface area contributed by atoms with Gasteiger partial charge in [0.25, 0.3) is 5.91 Å². The normalized spacial score (nSPS) is 18.6. The quantitative estimate of drug-likeness (QED) is 0.171. The number of amides is 1. The lowest BCUT2D eigenvalue weighted by molar-refractivity contribution is -0.165. The predicted molar refractivity (Wildman–Crippen MR) is 180 cm³/mol. The number of aliphatic hydroxyl groups is 1. The number of nitrogens with one attached hydrogen (secondary N) is 1. The first-order valence-corrected chi connectivity index (χ1v) is 16.4. The van der Waals surface area contributed by atoms with Crippen LogP contribution in [0.1, 0.15) is 47.9 Å². The van der Waals surface area contributed by atoms with Crippen molar-refractivity contribution < 1.29 is 19.4 Å². The molecule has 45 heavy (non-hydrogen) atoms. The van der Waals surface area contributed by atoms with Gasteiger partial charge in [-0.05, 0) is 109 Å². The van der Waals surface area contributed by atoms with Gasteiger partial charge in [-0.15, -0.1) is 11.3 Å². The van der Waals surface area contributed by atoms with Crippen LogP contribution in [-0.4, -0.2) is 35.5 Å². The van der Waals surface area contributed by atoms with Crippen LogP contribution >= 0.6 is 11.3 Å².